The Morgan fingerprint density at radius 1 is 1.08 bits per heavy atom. The number of ether oxygens (including phenoxy) is 1. The third kappa shape index (κ3) is 4.35. The van der Waals surface area contributed by atoms with Crippen molar-refractivity contribution in [2.45, 2.75) is 6.92 Å². The third-order valence-corrected chi connectivity index (χ3v) is 4.27. The van der Waals surface area contributed by atoms with Gasteiger partial charge in [0.2, 0.25) is 0 Å². The quantitative estimate of drug-likeness (QED) is 0.780. The Bertz CT molecular complexity index is 723. The first-order chi connectivity index (χ1) is 12.1. The van der Waals surface area contributed by atoms with Gasteiger partial charge in [0.25, 0.3) is 5.91 Å². The fourth-order valence-electron chi connectivity index (χ4n) is 2.78. The minimum absolute atomic E-state index is 0.00626. The van der Waals surface area contributed by atoms with Gasteiger partial charge in [0.05, 0.1) is 11.9 Å². The van der Waals surface area contributed by atoms with Gasteiger partial charge in [0.1, 0.15) is 5.75 Å². The topological polar surface area (TPSA) is 62.7 Å². The summed E-state index contributed by atoms with van der Waals surface area (Å²) < 4.78 is 5.54. The molecule has 1 saturated heterocycles. The normalized spacial score (nSPS) is 14.3. The number of hydrogen-bond acceptors (Lipinski definition) is 5. The van der Waals surface area contributed by atoms with Crippen molar-refractivity contribution in [2.75, 3.05) is 37.7 Å². The van der Waals surface area contributed by atoms with Crippen molar-refractivity contribution in [3.63, 3.8) is 0 Å². The molecule has 0 spiro atoms. The highest BCUT2D eigenvalue weighted by Crippen LogP contribution is 2.15. The maximum absolute atomic E-state index is 12.3. The first kappa shape index (κ1) is 17.0. The van der Waals surface area contributed by atoms with Crippen molar-refractivity contribution >= 4 is 17.4 Å². The number of anilines is 1. The van der Waals surface area contributed by atoms with Crippen molar-refractivity contribution in [3.8, 4) is 5.75 Å². The first-order valence-electron chi connectivity index (χ1n) is 8.30. The van der Waals surface area contributed by atoms with Crippen LogP contribution in [0.5, 0.6) is 5.75 Å². The number of amides is 1. The van der Waals surface area contributed by atoms with E-state index in [1.165, 1.54) is 6.92 Å². The van der Waals surface area contributed by atoms with E-state index in [2.05, 4.69) is 9.88 Å². The maximum Gasteiger partial charge on any atom is 0.260 e. The predicted molar refractivity (Wildman–Crippen MR) is 95.0 cm³/mol. The SMILES string of the molecule is CC(=O)c1ccc(OCC(=O)N2CCN(c3cccnc3)CC2)cc1. The van der Waals surface area contributed by atoms with E-state index in [0.29, 0.717) is 24.4 Å². The molecule has 1 fully saturated rings. The molecular weight excluding hydrogens is 318 g/mol. The number of ketones is 1. The van der Waals surface area contributed by atoms with Gasteiger partial charge in [-0.1, -0.05) is 0 Å². The van der Waals surface area contributed by atoms with Crippen LogP contribution in [0.25, 0.3) is 0 Å². The van der Waals surface area contributed by atoms with E-state index in [4.69, 9.17) is 4.74 Å². The Morgan fingerprint density at radius 2 is 1.80 bits per heavy atom. The summed E-state index contributed by atoms with van der Waals surface area (Å²) in [6, 6.07) is 10.8. The van der Waals surface area contributed by atoms with Gasteiger partial charge in [0, 0.05) is 37.9 Å². The summed E-state index contributed by atoms with van der Waals surface area (Å²) in [5.41, 5.74) is 1.71. The molecule has 0 unspecified atom stereocenters. The summed E-state index contributed by atoms with van der Waals surface area (Å²) in [6.45, 7) is 4.42. The monoisotopic (exact) mass is 339 g/mol. The Hall–Kier alpha value is -2.89. The van der Waals surface area contributed by atoms with Gasteiger partial charge in [0.15, 0.2) is 12.4 Å². The number of benzene rings is 1. The lowest BCUT2D eigenvalue weighted by Gasteiger charge is -2.35. The fourth-order valence-corrected chi connectivity index (χ4v) is 2.78. The Balaban J connectivity index is 1.47. The van der Waals surface area contributed by atoms with Crippen LogP contribution < -0.4 is 9.64 Å². The Labute approximate surface area is 147 Å². The van der Waals surface area contributed by atoms with Crippen LogP contribution in [0.4, 0.5) is 5.69 Å². The molecule has 130 valence electrons. The molecule has 3 rings (SSSR count). The average Bonchev–Trinajstić information content (AvgIpc) is 2.67. The van der Waals surface area contributed by atoms with E-state index in [1.54, 1.807) is 30.5 Å². The third-order valence-electron chi connectivity index (χ3n) is 4.27. The van der Waals surface area contributed by atoms with E-state index in [1.807, 2.05) is 23.2 Å². The molecule has 1 aliphatic rings. The molecule has 1 aromatic heterocycles. The second-order valence-electron chi connectivity index (χ2n) is 5.95. The summed E-state index contributed by atoms with van der Waals surface area (Å²) in [6.07, 6.45) is 3.59. The Morgan fingerprint density at radius 3 is 2.40 bits per heavy atom. The number of aromatic nitrogens is 1. The van der Waals surface area contributed by atoms with Crippen molar-refractivity contribution < 1.29 is 14.3 Å². The zero-order valence-electron chi connectivity index (χ0n) is 14.2. The van der Waals surface area contributed by atoms with E-state index in [-0.39, 0.29) is 18.3 Å². The molecule has 0 saturated carbocycles. The van der Waals surface area contributed by atoms with E-state index in [9.17, 15) is 9.59 Å². The average molecular weight is 339 g/mol. The van der Waals surface area contributed by atoms with E-state index in [0.717, 1.165) is 18.8 Å². The first-order valence-corrected chi connectivity index (χ1v) is 8.30. The summed E-state index contributed by atoms with van der Waals surface area (Å²) in [4.78, 5) is 31.7. The number of nitrogens with zero attached hydrogens (tertiary/aromatic N) is 3. The van der Waals surface area contributed by atoms with Gasteiger partial charge in [-0.3, -0.25) is 14.6 Å². The molecule has 2 heterocycles. The lowest BCUT2D eigenvalue weighted by molar-refractivity contribution is -0.133. The van der Waals surface area contributed by atoms with Crippen LogP contribution in [-0.4, -0.2) is 54.4 Å². The van der Waals surface area contributed by atoms with Crippen LogP contribution in [-0.2, 0) is 4.79 Å². The molecule has 0 radical (unpaired) electrons. The van der Waals surface area contributed by atoms with Crippen LogP contribution in [0.1, 0.15) is 17.3 Å². The van der Waals surface area contributed by atoms with E-state index >= 15 is 0 Å². The number of carbonyl (C=O) groups is 2. The van der Waals surface area contributed by atoms with Crippen LogP contribution in [0.2, 0.25) is 0 Å². The molecule has 0 N–H and O–H groups in total. The highest BCUT2D eigenvalue weighted by atomic mass is 16.5. The number of pyridine rings is 1. The van der Waals surface area contributed by atoms with Gasteiger partial charge < -0.3 is 14.5 Å². The van der Waals surface area contributed by atoms with Crippen LogP contribution in [0.3, 0.4) is 0 Å². The lowest BCUT2D eigenvalue weighted by atomic mass is 10.1. The maximum atomic E-state index is 12.3. The molecule has 0 bridgehead atoms. The molecule has 1 aliphatic heterocycles. The van der Waals surface area contributed by atoms with E-state index < -0.39 is 0 Å². The van der Waals surface area contributed by atoms with Gasteiger partial charge >= 0.3 is 0 Å². The predicted octanol–water partition coefficient (Wildman–Crippen LogP) is 2.01. The highest BCUT2D eigenvalue weighted by molar-refractivity contribution is 5.94. The number of piperazine rings is 1. The fraction of sp³-hybridized carbons (Fsp3) is 0.316. The minimum atomic E-state index is -0.0264. The van der Waals surface area contributed by atoms with Crippen molar-refractivity contribution in [2.24, 2.45) is 0 Å². The molecule has 1 amide bonds. The number of Topliss-reactive ketones (excluding diaryl/α,β-unsaturated/α-hetero) is 1. The van der Waals surface area contributed by atoms with Crippen molar-refractivity contribution in [3.05, 3.63) is 54.4 Å². The molecule has 0 aliphatic carbocycles. The smallest absolute Gasteiger partial charge is 0.260 e. The Kier molecular flexibility index (Phi) is 5.28. The molecule has 25 heavy (non-hydrogen) atoms. The lowest BCUT2D eigenvalue weighted by Crippen LogP contribution is -2.50. The molecule has 1 aromatic carbocycles. The summed E-state index contributed by atoms with van der Waals surface area (Å²) in [7, 11) is 0. The number of carbonyl (C=O) groups excluding carboxylic acids is 2. The van der Waals surface area contributed by atoms with Crippen molar-refractivity contribution in [1.29, 1.82) is 0 Å². The van der Waals surface area contributed by atoms with Crippen LogP contribution in [0.15, 0.2) is 48.8 Å². The highest BCUT2D eigenvalue weighted by Gasteiger charge is 2.21. The molecule has 0 atom stereocenters. The standard InChI is InChI=1S/C19H21N3O3/c1-15(23)16-4-6-18(7-5-16)25-14-19(24)22-11-9-21(10-12-22)17-3-2-8-20-13-17/h2-8,13H,9-12,14H2,1H3. The summed E-state index contributed by atoms with van der Waals surface area (Å²) in [5.74, 6) is 0.572. The van der Waals surface area contributed by atoms with Crippen molar-refractivity contribution in [1.82, 2.24) is 9.88 Å². The van der Waals surface area contributed by atoms with Crippen LogP contribution in [0, 0.1) is 0 Å². The second kappa shape index (κ2) is 7.79. The number of hydrogen-bond donors (Lipinski definition) is 0. The largest absolute Gasteiger partial charge is 0.484 e. The molecule has 2 aromatic rings. The number of rotatable bonds is 5. The van der Waals surface area contributed by atoms with Gasteiger partial charge in [-0.15, -0.1) is 0 Å². The molecule has 6 heteroatoms. The summed E-state index contributed by atoms with van der Waals surface area (Å²) >= 11 is 0. The zero-order chi connectivity index (χ0) is 17.6. The zero-order valence-corrected chi connectivity index (χ0v) is 14.2. The van der Waals surface area contributed by atoms with Gasteiger partial charge in [-0.2, -0.15) is 0 Å². The minimum Gasteiger partial charge on any atom is -0.484 e. The molecule has 6 nitrogen and oxygen atoms in total. The second-order valence-corrected chi connectivity index (χ2v) is 5.95. The van der Waals surface area contributed by atoms with Gasteiger partial charge in [-0.25, -0.2) is 0 Å². The summed E-state index contributed by atoms with van der Waals surface area (Å²) in [5, 5.41) is 0. The van der Waals surface area contributed by atoms with Crippen LogP contribution >= 0.6 is 0 Å². The molecular formula is C19H21N3O3. The van der Waals surface area contributed by atoms with Gasteiger partial charge in [-0.05, 0) is 43.3 Å².